The molecule has 18 heavy (non-hydrogen) atoms. The van der Waals surface area contributed by atoms with Crippen LogP contribution in [0.25, 0.3) is 10.9 Å². The largest absolute Gasteiger partial charge is 0.478 e. The lowest BCUT2D eigenvalue weighted by Gasteiger charge is -2.09. The normalized spacial score (nSPS) is 11.8. The van der Waals surface area contributed by atoms with E-state index in [-0.39, 0.29) is 15.6 Å². The van der Waals surface area contributed by atoms with E-state index < -0.39 is 17.7 Å². The molecule has 2 aromatic rings. The topological polar surface area (TPSA) is 50.2 Å². The highest BCUT2D eigenvalue weighted by Gasteiger charge is 2.30. The van der Waals surface area contributed by atoms with Crippen molar-refractivity contribution in [2.75, 3.05) is 0 Å². The van der Waals surface area contributed by atoms with Gasteiger partial charge in [0.1, 0.15) is 0 Å². The minimum atomic E-state index is -4.45. The molecule has 1 N–H and O–H groups in total. The van der Waals surface area contributed by atoms with Gasteiger partial charge >= 0.3 is 12.1 Å². The van der Waals surface area contributed by atoms with Crippen LogP contribution in [-0.2, 0) is 6.18 Å². The Morgan fingerprint density at radius 3 is 2.56 bits per heavy atom. The first-order chi connectivity index (χ1) is 8.30. The molecular weight excluding hydrogens is 315 g/mol. The summed E-state index contributed by atoms with van der Waals surface area (Å²) in [6.07, 6.45) is -3.43. The lowest BCUT2D eigenvalue weighted by molar-refractivity contribution is -0.137. The van der Waals surface area contributed by atoms with Gasteiger partial charge in [-0.15, -0.1) is 0 Å². The average Bonchev–Trinajstić information content (AvgIpc) is 2.27. The molecule has 0 aliphatic heterocycles. The van der Waals surface area contributed by atoms with Crippen molar-refractivity contribution >= 4 is 32.8 Å². The van der Waals surface area contributed by atoms with Crippen LogP contribution in [0.2, 0.25) is 0 Å². The number of halogens is 4. The average molecular weight is 320 g/mol. The molecule has 0 saturated heterocycles. The van der Waals surface area contributed by atoms with Crippen molar-refractivity contribution in [1.82, 2.24) is 4.98 Å². The zero-order chi connectivity index (χ0) is 13.5. The number of pyridine rings is 1. The van der Waals surface area contributed by atoms with Crippen LogP contribution in [0.5, 0.6) is 0 Å². The maximum Gasteiger partial charge on any atom is 0.416 e. The fourth-order valence-electron chi connectivity index (χ4n) is 1.49. The number of hydrogen-bond donors (Lipinski definition) is 1. The molecule has 0 bridgehead atoms. The molecule has 0 spiro atoms. The lowest BCUT2D eigenvalue weighted by Crippen LogP contribution is -2.05. The molecule has 0 aliphatic rings. The van der Waals surface area contributed by atoms with Gasteiger partial charge in [0.2, 0.25) is 0 Å². The van der Waals surface area contributed by atoms with Crippen molar-refractivity contribution in [1.29, 1.82) is 0 Å². The van der Waals surface area contributed by atoms with Crippen molar-refractivity contribution in [3.8, 4) is 0 Å². The number of carboxylic acid groups (broad SMARTS) is 1. The zero-order valence-corrected chi connectivity index (χ0v) is 10.2. The highest BCUT2D eigenvalue weighted by Crippen LogP contribution is 2.33. The third kappa shape index (κ3) is 2.17. The molecule has 94 valence electrons. The molecule has 1 aromatic carbocycles. The Kier molecular flexibility index (Phi) is 3.02. The minimum absolute atomic E-state index is 0.0849. The molecule has 7 heteroatoms. The molecule has 1 aromatic heterocycles. The van der Waals surface area contributed by atoms with Gasteiger partial charge < -0.3 is 5.11 Å². The van der Waals surface area contributed by atoms with Crippen molar-refractivity contribution < 1.29 is 23.1 Å². The SMILES string of the molecule is O=C(O)c1cnc2cc(C(F)(F)F)ccc2c1Br. The van der Waals surface area contributed by atoms with Crippen LogP contribution < -0.4 is 0 Å². The lowest BCUT2D eigenvalue weighted by atomic mass is 10.1. The Balaban J connectivity index is 2.69. The van der Waals surface area contributed by atoms with Gasteiger partial charge in [-0.25, -0.2) is 4.79 Å². The van der Waals surface area contributed by atoms with Gasteiger partial charge in [0.25, 0.3) is 0 Å². The molecule has 0 amide bonds. The number of carboxylic acids is 1. The summed E-state index contributed by atoms with van der Waals surface area (Å²) in [6.45, 7) is 0. The molecule has 0 fully saturated rings. The maximum absolute atomic E-state index is 12.5. The molecule has 0 unspecified atom stereocenters. The highest BCUT2D eigenvalue weighted by molar-refractivity contribution is 9.10. The van der Waals surface area contributed by atoms with Gasteiger partial charge in [-0.2, -0.15) is 13.2 Å². The summed E-state index contributed by atoms with van der Waals surface area (Å²) in [5, 5.41) is 9.18. The second-order valence-electron chi connectivity index (χ2n) is 3.52. The van der Waals surface area contributed by atoms with Crippen LogP contribution in [0, 0.1) is 0 Å². The van der Waals surface area contributed by atoms with Gasteiger partial charge in [-0.05, 0) is 28.1 Å². The number of aromatic nitrogens is 1. The van der Waals surface area contributed by atoms with Crippen LogP contribution in [0.3, 0.4) is 0 Å². The summed E-state index contributed by atoms with van der Waals surface area (Å²) in [4.78, 5) is 14.6. The Bertz CT molecular complexity index is 640. The molecule has 0 saturated carbocycles. The van der Waals surface area contributed by atoms with E-state index >= 15 is 0 Å². The van der Waals surface area contributed by atoms with E-state index in [0.29, 0.717) is 5.39 Å². The van der Waals surface area contributed by atoms with Crippen LogP contribution in [0.4, 0.5) is 13.2 Å². The number of aromatic carboxylic acids is 1. The molecule has 2 rings (SSSR count). The van der Waals surface area contributed by atoms with Crippen LogP contribution in [0.15, 0.2) is 28.9 Å². The summed E-state index contributed by atoms with van der Waals surface area (Å²) in [6, 6.07) is 2.97. The second-order valence-corrected chi connectivity index (χ2v) is 4.31. The quantitative estimate of drug-likeness (QED) is 0.871. The predicted molar refractivity (Wildman–Crippen MR) is 61.4 cm³/mol. The van der Waals surface area contributed by atoms with Crippen molar-refractivity contribution in [3.05, 3.63) is 40.0 Å². The van der Waals surface area contributed by atoms with Gasteiger partial charge in [-0.3, -0.25) is 4.98 Å². The summed E-state index contributed by atoms with van der Waals surface area (Å²) in [7, 11) is 0. The van der Waals surface area contributed by atoms with Gasteiger partial charge in [0, 0.05) is 16.1 Å². The third-order valence-corrected chi connectivity index (χ3v) is 3.22. The smallest absolute Gasteiger partial charge is 0.416 e. The van der Waals surface area contributed by atoms with Gasteiger partial charge in [0.15, 0.2) is 0 Å². The summed E-state index contributed by atoms with van der Waals surface area (Å²) >= 11 is 3.06. The first-order valence-electron chi connectivity index (χ1n) is 4.69. The first-order valence-corrected chi connectivity index (χ1v) is 5.49. The second kappa shape index (κ2) is 4.24. The van der Waals surface area contributed by atoms with Crippen molar-refractivity contribution in [3.63, 3.8) is 0 Å². The Hall–Kier alpha value is -1.63. The first kappa shape index (κ1) is 12.8. The van der Waals surface area contributed by atoms with E-state index in [1.807, 2.05) is 0 Å². The number of fused-ring (bicyclic) bond motifs is 1. The number of benzene rings is 1. The summed E-state index contributed by atoms with van der Waals surface area (Å²) in [5.74, 6) is -1.20. The molecular formula is C11H5BrF3NO2. The Morgan fingerprint density at radius 2 is 2.00 bits per heavy atom. The van der Waals surface area contributed by atoms with Crippen LogP contribution in [-0.4, -0.2) is 16.1 Å². The van der Waals surface area contributed by atoms with E-state index in [1.54, 1.807) is 0 Å². The number of carbonyl (C=O) groups is 1. The number of alkyl halides is 3. The molecule has 1 heterocycles. The number of rotatable bonds is 1. The fraction of sp³-hybridized carbons (Fsp3) is 0.0909. The maximum atomic E-state index is 12.5. The fourth-order valence-corrected chi connectivity index (χ4v) is 2.09. The van der Waals surface area contributed by atoms with Crippen molar-refractivity contribution in [2.24, 2.45) is 0 Å². The van der Waals surface area contributed by atoms with Gasteiger partial charge in [0.05, 0.1) is 16.6 Å². The van der Waals surface area contributed by atoms with Crippen molar-refractivity contribution in [2.45, 2.75) is 6.18 Å². The monoisotopic (exact) mass is 319 g/mol. The van der Waals surface area contributed by atoms with E-state index in [0.717, 1.165) is 18.3 Å². The number of nitrogens with zero attached hydrogens (tertiary/aromatic N) is 1. The Labute approximate surface area is 107 Å². The minimum Gasteiger partial charge on any atom is -0.478 e. The molecule has 3 nitrogen and oxygen atoms in total. The predicted octanol–water partition coefficient (Wildman–Crippen LogP) is 3.71. The third-order valence-electron chi connectivity index (χ3n) is 2.36. The summed E-state index contributed by atoms with van der Waals surface area (Å²) < 4.78 is 37.7. The van der Waals surface area contributed by atoms with E-state index in [2.05, 4.69) is 20.9 Å². The van der Waals surface area contributed by atoms with Crippen LogP contribution in [0.1, 0.15) is 15.9 Å². The van der Waals surface area contributed by atoms with E-state index in [4.69, 9.17) is 5.11 Å². The van der Waals surface area contributed by atoms with Gasteiger partial charge in [-0.1, -0.05) is 6.07 Å². The zero-order valence-electron chi connectivity index (χ0n) is 8.62. The van der Waals surface area contributed by atoms with E-state index in [1.165, 1.54) is 6.07 Å². The molecule has 0 aliphatic carbocycles. The number of hydrogen-bond acceptors (Lipinski definition) is 2. The van der Waals surface area contributed by atoms with Crippen LogP contribution >= 0.6 is 15.9 Å². The molecule has 0 atom stereocenters. The Morgan fingerprint density at radius 1 is 1.33 bits per heavy atom. The summed E-state index contributed by atoms with van der Waals surface area (Å²) in [5.41, 5.74) is -0.832. The standard InChI is InChI=1S/C11H5BrF3NO2/c12-9-6-2-1-5(11(13,14)15)3-8(6)16-4-7(9)10(17)18/h1-4H,(H,17,18). The molecule has 0 radical (unpaired) electrons. The highest BCUT2D eigenvalue weighted by atomic mass is 79.9. The van der Waals surface area contributed by atoms with E-state index in [9.17, 15) is 18.0 Å².